The van der Waals surface area contributed by atoms with Crippen molar-refractivity contribution >= 4 is 0 Å². The second kappa shape index (κ2) is 7.07. The molecule has 0 amide bonds. The summed E-state index contributed by atoms with van der Waals surface area (Å²) in [6.07, 6.45) is 2.09. The molecule has 0 aliphatic heterocycles. The van der Waals surface area contributed by atoms with Crippen LogP contribution in [0.1, 0.15) is 12.0 Å². The predicted octanol–water partition coefficient (Wildman–Crippen LogP) is 3.26. The second-order valence-electron chi connectivity index (χ2n) is 2.09. The summed E-state index contributed by atoms with van der Waals surface area (Å²) < 4.78 is 0. The third kappa shape index (κ3) is 4.38. The van der Waals surface area contributed by atoms with Crippen LogP contribution in [-0.2, 0) is 6.42 Å². The van der Waals surface area contributed by atoms with Gasteiger partial charge in [0.05, 0.1) is 0 Å². The van der Waals surface area contributed by atoms with Crippen LogP contribution in [0.2, 0.25) is 0 Å². The van der Waals surface area contributed by atoms with Crippen LogP contribution in [0, 0.1) is 6.92 Å². The molecule has 1 rings (SSSR count). The van der Waals surface area contributed by atoms with E-state index in [2.05, 4.69) is 44.3 Å². The van der Waals surface area contributed by atoms with Crippen LogP contribution in [0.5, 0.6) is 0 Å². The van der Waals surface area contributed by atoms with Crippen molar-refractivity contribution in [3.05, 3.63) is 56.0 Å². The van der Waals surface area contributed by atoms with Gasteiger partial charge in [-0.05, 0) is 18.4 Å². The topological polar surface area (TPSA) is 0 Å². The van der Waals surface area contributed by atoms with Crippen LogP contribution in [0.25, 0.3) is 0 Å². The SMILES string of the molecule is C=C.[CH2]CCc1ccccc1. The molecule has 0 spiro atoms. The minimum atomic E-state index is 0.990. The Labute approximate surface area is 69.6 Å². The molecule has 0 heteroatoms. The van der Waals surface area contributed by atoms with E-state index in [4.69, 9.17) is 0 Å². The predicted molar refractivity (Wildman–Crippen MR) is 51.4 cm³/mol. The van der Waals surface area contributed by atoms with Crippen molar-refractivity contribution < 1.29 is 0 Å². The van der Waals surface area contributed by atoms with Crippen molar-refractivity contribution in [2.24, 2.45) is 0 Å². The molecule has 11 heavy (non-hydrogen) atoms. The smallest absolute Gasteiger partial charge is 0.0279 e. The van der Waals surface area contributed by atoms with E-state index in [-0.39, 0.29) is 0 Å². The maximum atomic E-state index is 3.78. The summed E-state index contributed by atoms with van der Waals surface area (Å²) in [6, 6.07) is 10.4. The average Bonchev–Trinajstić information content (AvgIpc) is 2.11. The maximum absolute atomic E-state index is 3.78. The van der Waals surface area contributed by atoms with Crippen molar-refractivity contribution in [3.8, 4) is 0 Å². The van der Waals surface area contributed by atoms with E-state index in [1.165, 1.54) is 5.56 Å². The van der Waals surface area contributed by atoms with E-state index in [1.54, 1.807) is 0 Å². The van der Waals surface area contributed by atoms with Gasteiger partial charge in [-0.1, -0.05) is 37.3 Å². The van der Waals surface area contributed by atoms with Gasteiger partial charge >= 0.3 is 0 Å². The van der Waals surface area contributed by atoms with E-state index in [0.717, 1.165) is 12.8 Å². The Hall–Kier alpha value is -1.04. The third-order valence-corrected chi connectivity index (χ3v) is 1.31. The Morgan fingerprint density at radius 1 is 1.00 bits per heavy atom. The molecular formula is C11H15. The fourth-order valence-corrected chi connectivity index (χ4v) is 0.849. The minimum Gasteiger partial charge on any atom is -0.106 e. The molecule has 0 saturated carbocycles. The lowest BCUT2D eigenvalue weighted by Gasteiger charge is -1.93. The molecule has 0 nitrogen and oxygen atoms in total. The van der Waals surface area contributed by atoms with Crippen molar-refractivity contribution in [1.29, 1.82) is 0 Å². The zero-order valence-corrected chi connectivity index (χ0v) is 6.92. The summed E-state index contributed by atoms with van der Waals surface area (Å²) in [6.45, 7) is 9.78. The molecule has 0 unspecified atom stereocenters. The fraction of sp³-hybridized carbons (Fsp3) is 0.182. The highest BCUT2D eigenvalue weighted by atomic mass is 13.9. The summed E-state index contributed by atoms with van der Waals surface area (Å²) in [5, 5.41) is 0. The summed E-state index contributed by atoms with van der Waals surface area (Å²) in [5.41, 5.74) is 1.38. The van der Waals surface area contributed by atoms with Crippen molar-refractivity contribution in [3.63, 3.8) is 0 Å². The molecule has 59 valence electrons. The molecule has 1 radical (unpaired) electrons. The van der Waals surface area contributed by atoms with Crippen molar-refractivity contribution in [2.45, 2.75) is 12.8 Å². The molecule has 0 heterocycles. The van der Waals surface area contributed by atoms with Gasteiger partial charge in [-0.15, -0.1) is 13.2 Å². The minimum absolute atomic E-state index is 0.990. The van der Waals surface area contributed by atoms with Gasteiger partial charge in [-0.3, -0.25) is 0 Å². The van der Waals surface area contributed by atoms with Gasteiger partial charge in [0.2, 0.25) is 0 Å². The van der Waals surface area contributed by atoms with E-state index < -0.39 is 0 Å². The normalized spacial score (nSPS) is 8.09. The van der Waals surface area contributed by atoms with Gasteiger partial charge in [0, 0.05) is 0 Å². The Bertz CT molecular complexity index is 165. The van der Waals surface area contributed by atoms with Crippen LogP contribution in [0.15, 0.2) is 43.5 Å². The molecular weight excluding hydrogens is 132 g/mol. The van der Waals surface area contributed by atoms with Crippen LogP contribution >= 0.6 is 0 Å². The lowest BCUT2D eigenvalue weighted by atomic mass is 10.1. The summed E-state index contributed by atoms with van der Waals surface area (Å²) >= 11 is 0. The summed E-state index contributed by atoms with van der Waals surface area (Å²) in [7, 11) is 0. The average molecular weight is 147 g/mol. The summed E-state index contributed by atoms with van der Waals surface area (Å²) in [4.78, 5) is 0. The second-order valence-corrected chi connectivity index (χ2v) is 2.09. The highest BCUT2D eigenvalue weighted by Crippen LogP contribution is 2.00. The number of rotatable bonds is 2. The quantitative estimate of drug-likeness (QED) is 0.563. The Kier molecular flexibility index (Phi) is 6.40. The largest absolute Gasteiger partial charge is 0.106 e. The number of benzene rings is 1. The van der Waals surface area contributed by atoms with Gasteiger partial charge in [0.15, 0.2) is 0 Å². The molecule has 1 aromatic rings. The molecule has 0 atom stereocenters. The molecule has 0 saturated heterocycles. The van der Waals surface area contributed by atoms with Gasteiger partial charge < -0.3 is 0 Å². The highest BCUT2D eigenvalue weighted by molar-refractivity contribution is 5.14. The van der Waals surface area contributed by atoms with Gasteiger partial charge in [0.25, 0.3) is 0 Å². The van der Waals surface area contributed by atoms with E-state index in [0.29, 0.717) is 0 Å². The molecule has 0 aliphatic carbocycles. The maximum Gasteiger partial charge on any atom is -0.0279 e. The van der Waals surface area contributed by atoms with E-state index in [9.17, 15) is 0 Å². The molecule has 0 bridgehead atoms. The Morgan fingerprint density at radius 2 is 1.55 bits per heavy atom. The summed E-state index contributed by atoms with van der Waals surface area (Å²) in [5.74, 6) is 0. The lowest BCUT2D eigenvalue weighted by Crippen LogP contribution is -1.79. The molecule has 1 aromatic carbocycles. The van der Waals surface area contributed by atoms with Crippen molar-refractivity contribution in [1.82, 2.24) is 0 Å². The van der Waals surface area contributed by atoms with Gasteiger partial charge in [0.1, 0.15) is 0 Å². The van der Waals surface area contributed by atoms with Gasteiger partial charge in [-0.2, -0.15) is 0 Å². The number of hydrogen-bond donors (Lipinski definition) is 0. The molecule has 0 N–H and O–H groups in total. The van der Waals surface area contributed by atoms with Crippen LogP contribution in [-0.4, -0.2) is 0 Å². The number of hydrogen-bond acceptors (Lipinski definition) is 0. The Morgan fingerprint density at radius 3 is 2.00 bits per heavy atom. The highest BCUT2D eigenvalue weighted by Gasteiger charge is 1.84. The van der Waals surface area contributed by atoms with Gasteiger partial charge in [-0.25, -0.2) is 0 Å². The first kappa shape index (κ1) is 9.96. The number of aryl methyl sites for hydroxylation is 1. The Balaban J connectivity index is 0.000000461. The fourth-order valence-electron chi connectivity index (χ4n) is 0.849. The zero-order valence-electron chi connectivity index (χ0n) is 6.92. The third-order valence-electron chi connectivity index (χ3n) is 1.31. The lowest BCUT2D eigenvalue weighted by molar-refractivity contribution is 1.000. The molecule has 0 fully saturated rings. The van der Waals surface area contributed by atoms with Crippen LogP contribution < -0.4 is 0 Å². The standard InChI is InChI=1S/C9H11.C2H4/c1-2-6-9-7-4-3-5-8-9;1-2/h3-5,7-8H,1-2,6H2;1-2H2. The van der Waals surface area contributed by atoms with Crippen LogP contribution in [0.3, 0.4) is 0 Å². The molecule has 0 aliphatic rings. The first-order valence-electron chi connectivity index (χ1n) is 3.76. The monoisotopic (exact) mass is 147 g/mol. The van der Waals surface area contributed by atoms with E-state index in [1.807, 2.05) is 6.07 Å². The first-order valence-corrected chi connectivity index (χ1v) is 3.76. The molecule has 0 aromatic heterocycles. The van der Waals surface area contributed by atoms with E-state index >= 15 is 0 Å². The van der Waals surface area contributed by atoms with Crippen molar-refractivity contribution in [2.75, 3.05) is 0 Å². The van der Waals surface area contributed by atoms with Crippen LogP contribution in [0.4, 0.5) is 0 Å². The zero-order chi connectivity index (χ0) is 8.53. The first-order chi connectivity index (χ1) is 5.43.